The van der Waals surface area contributed by atoms with E-state index in [1.165, 1.54) is 11.1 Å². The van der Waals surface area contributed by atoms with Crippen LogP contribution in [0.15, 0.2) is 60.7 Å². The molecule has 108 valence electrons. The molecule has 0 saturated carbocycles. The predicted molar refractivity (Wildman–Crippen MR) is 82.9 cm³/mol. The van der Waals surface area contributed by atoms with Crippen LogP contribution in [0.2, 0.25) is 0 Å². The number of carbonyl (C=O) groups excluding carboxylic acids is 1. The van der Waals surface area contributed by atoms with E-state index < -0.39 is 0 Å². The van der Waals surface area contributed by atoms with Crippen LogP contribution in [-0.4, -0.2) is 5.78 Å². The Kier molecular flexibility index (Phi) is 17.4. The number of carbonyl (C=O) groups is 1. The van der Waals surface area contributed by atoms with Crippen LogP contribution >= 0.6 is 0 Å². The molecule has 0 saturated heterocycles. The molecule has 0 spiro atoms. The first-order valence-electron chi connectivity index (χ1n) is 5.86. The minimum atomic E-state index is 0. The van der Waals surface area contributed by atoms with Crippen molar-refractivity contribution < 1.29 is 70.2 Å². The van der Waals surface area contributed by atoms with E-state index in [0.29, 0.717) is 6.42 Å². The maximum absolute atomic E-state index is 11.4. The van der Waals surface area contributed by atoms with Gasteiger partial charge < -0.3 is 14.9 Å². The monoisotopic (exact) mass is 432 g/mol. The second-order valence-electron chi connectivity index (χ2n) is 4.28. The van der Waals surface area contributed by atoms with Crippen LogP contribution in [0, 0.1) is 14.9 Å². The maximum Gasteiger partial charge on any atom is 0.130 e. The third-order valence-electron chi connectivity index (χ3n) is 2.90. The molecular weight excluding hydrogens is 410 g/mol. The van der Waals surface area contributed by atoms with Gasteiger partial charge in [0.25, 0.3) is 0 Å². The van der Waals surface area contributed by atoms with Crippen LogP contribution in [0.1, 0.15) is 30.4 Å². The number of hydrogen-bond donors (Lipinski definition) is 0. The average Bonchev–Trinajstić information content (AvgIpc) is 2.38. The second-order valence-corrected chi connectivity index (χ2v) is 4.28. The zero-order valence-corrected chi connectivity index (χ0v) is 18.8. The second kappa shape index (κ2) is 13.9. The fourth-order valence-corrected chi connectivity index (χ4v) is 2.09. The van der Waals surface area contributed by atoms with Gasteiger partial charge in [0.1, 0.15) is 5.78 Å². The number of benzene rings is 2. The predicted octanol–water partition coefficient (Wildman–Crippen LogP) is 4.69. The van der Waals surface area contributed by atoms with E-state index in [2.05, 4.69) is 24.3 Å². The standard InChI is InChI=1S/C16H16O.2CH3.2Y/c1-13(17)12-16(14-8-4-2-5-9-14)15-10-6-3-7-11-15;;;;/h2-11,16H,12H2,1H3;2*1H3;;/q;2*-1;;. The van der Waals surface area contributed by atoms with Gasteiger partial charge >= 0.3 is 0 Å². The van der Waals surface area contributed by atoms with Crippen molar-refractivity contribution >= 4 is 5.78 Å². The van der Waals surface area contributed by atoms with Crippen molar-refractivity contribution in [1.29, 1.82) is 0 Å². The number of rotatable bonds is 4. The molecule has 0 N–H and O–H groups in total. The van der Waals surface area contributed by atoms with E-state index in [-0.39, 0.29) is 92.0 Å². The molecule has 0 aliphatic carbocycles. The van der Waals surface area contributed by atoms with Crippen molar-refractivity contribution in [3.63, 3.8) is 0 Å². The molecule has 21 heavy (non-hydrogen) atoms. The fourth-order valence-electron chi connectivity index (χ4n) is 2.09. The van der Waals surface area contributed by atoms with E-state index in [0.717, 1.165) is 0 Å². The van der Waals surface area contributed by atoms with Crippen molar-refractivity contribution in [2.75, 3.05) is 0 Å². The minimum absolute atomic E-state index is 0. The third kappa shape index (κ3) is 8.50. The summed E-state index contributed by atoms with van der Waals surface area (Å²) in [6.45, 7) is 1.65. The van der Waals surface area contributed by atoms with Crippen LogP contribution in [-0.2, 0) is 70.2 Å². The van der Waals surface area contributed by atoms with Gasteiger partial charge in [0.15, 0.2) is 0 Å². The zero-order valence-electron chi connectivity index (χ0n) is 13.1. The minimum Gasteiger partial charge on any atom is -0.358 e. The van der Waals surface area contributed by atoms with Crippen molar-refractivity contribution in [3.05, 3.63) is 86.6 Å². The van der Waals surface area contributed by atoms with Crippen LogP contribution in [0.3, 0.4) is 0 Å². The molecule has 0 bridgehead atoms. The van der Waals surface area contributed by atoms with Gasteiger partial charge in [0.05, 0.1) is 0 Å². The summed E-state index contributed by atoms with van der Waals surface area (Å²) in [7, 11) is 0. The van der Waals surface area contributed by atoms with Crippen LogP contribution in [0.25, 0.3) is 0 Å². The Bertz CT molecular complexity index is 444. The van der Waals surface area contributed by atoms with E-state index in [1.54, 1.807) is 6.92 Å². The normalized spacial score (nSPS) is 8.48. The Balaban J connectivity index is -0.000000810. The first-order valence-corrected chi connectivity index (χ1v) is 5.86. The summed E-state index contributed by atoms with van der Waals surface area (Å²) in [5, 5.41) is 0. The molecule has 1 nitrogen and oxygen atoms in total. The Labute approximate surface area is 180 Å². The zero-order chi connectivity index (χ0) is 12.1. The van der Waals surface area contributed by atoms with Gasteiger partial charge in [-0.15, -0.1) is 0 Å². The molecule has 0 aliphatic heterocycles. The molecule has 0 fully saturated rings. The Morgan fingerprint density at radius 3 is 1.43 bits per heavy atom. The smallest absolute Gasteiger partial charge is 0.130 e. The molecule has 0 aliphatic rings. The molecule has 0 aromatic heterocycles. The van der Waals surface area contributed by atoms with Gasteiger partial charge in [-0.25, -0.2) is 0 Å². The summed E-state index contributed by atoms with van der Waals surface area (Å²) in [5.41, 5.74) is 2.41. The summed E-state index contributed by atoms with van der Waals surface area (Å²) < 4.78 is 0. The molecule has 0 unspecified atom stereocenters. The van der Waals surface area contributed by atoms with Gasteiger partial charge in [-0.3, -0.25) is 4.79 Å². The summed E-state index contributed by atoms with van der Waals surface area (Å²) >= 11 is 0. The summed E-state index contributed by atoms with van der Waals surface area (Å²) in [5.74, 6) is 0.401. The molecule has 0 atom stereocenters. The molecule has 3 heteroatoms. The van der Waals surface area contributed by atoms with Crippen LogP contribution in [0.4, 0.5) is 0 Å². The Morgan fingerprint density at radius 2 is 1.14 bits per heavy atom. The molecule has 2 radical (unpaired) electrons. The number of ketones is 1. The first-order chi connectivity index (χ1) is 8.27. The largest absolute Gasteiger partial charge is 0.358 e. The Morgan fingerprint density at radius 1 is 0.810 bits per heavy atom. The molecular formula is C18H22OY2-2. The molecule has 0 amide bonds. The van der Waals surface area contributed by atoms with Crippen LogP contribution in [0.5, 0.6) is 0 Å². The van der Waals surface area contributed by atoms with E-state index in [9.17, 15) is 4.79 Å². The first kappa shape index (κ1) is 26.2. The topological polar surface area (TPSA) is 17.1 Å². The van der Waals surface area contributed by atoms with Crippen molar-refractivity contribution in [1.82, 2.24) is 0 Å². The third-order valence-corrected chi connectivity index (χ3v) is 2.90. The van der Waals surface area contributed by atoms with Gasteiger partial charge in [-0.05, 0) is 18.1 Å². The fraction of sp³-hybridized carbons (Fsp3) is 0.167. The van der Waals surface area contributed by atoms with E-state index >= 15 is 0 Å². The van der Waals surface area contributed by atoms with Gasteiger partial charge in [0, 0.05) is 77.8 Å². The van der Waals surface area contributed by atoms with Crippen LogP contribution < -0.4 is 0 Å². The summed E-state index contributed by atoms with van der Waals surface area (Å²) in [4.78, 5) is 11.4. The Hall–Kier alpha value is 0.318. The van der Waals surface area contributed by atoms with Crippen molar-refractivity contribution in [2.24, 2.45) is 0 Å². The maximum atomic E-state index is 11.4. The van der Waals surface area contributed by atoms with Gasteiger partial charge in [0.2, 0.25) is 0 Å². The molecule has 0 heterocycles. The average molecular weight is 432 g/mol. The SMILES string of the molecule is CC(=O)CC(c1ccccc1)c1ccccc1.[CH3-].[CH3-].[Y].[Y]. The molecule has 2 aromatic carbocycles. The number of Topliss-reactive ketones (excluding diaryl/α,β-unsaturated/α-hetero) is 1. The quantitative estimate of drug-likeness (QED) is 0.641. The van der Waals surface area contributed by atoms with Gasteiger partial charge in [-0.2, -0.15) is 0 Å². The summed E-state index contributed by atoms with van der Waals surface area (Å²) in [6.07, 6.45) is 0.564. The van der Waals surface area contributed by atoms with Gasteiger partial charge in [-0.1, -0.05) is 60.7 Å². The molecule has 2 aromatic rings. The van der Waals surface area contributed by atoms with Crippen molar-refractivity contribution in [2.45, 2.75) is 19.3 Å². The summed E-state index contributed by atoms with van der Waals surface area (Å²) in [6, 6.07) is 20.4. The molecule has 2 rings (SSSR count). The number of hydrogen-bond acceptors (Lipinski definition) is 1. The van der Waals surface area contributed by atoms with E-state index in [4.69, 9.17) is 0 Å². The van der Waals surface area contributed by atoms with E-state index in [1.807, 2.05) is 36.4 Å². The van der Waals surface area contributed by atoms with Crippen molar-refractivity contribution in [3.8, 4) is 0 Å².